The van der Waals surface area contributed by atoms with Crippen LogP contribution >= 0.6 is 11.6 Å². The van der Waals surface area contributed by atoms with Gasteiger partial charge in [0.1, 0.15) is 5.69 Å². The molecule has 3 rings (SSSR count). The van der Waals surface area contributed by atoms with Crippen LogP contribution in [0.25, 0.3) is 5.69 Å². The summed E-state index contributed by atoms with van der Waals surface area (Å²) in [7, 11) is 0. The summed E-state index contributed by atoms with van der Waals surface area (Å²) in [6.07, 6.45) is 7.92. The second-order valence-corrected chi connectivity index (χ2v) is 5.76. The molecule has 2 atom stereocenters. The highest BCUT2D eigenvalue weighted by Crippen LogP contribution is 2.28. The molecule has 0 saturated heterocycles. The number of nitrogens with one attached hydrogen (secondary N) is 2. The lowest BCUT2D eigenvalue weighted by Gasteiger charge is -2.16. The van der Waals surface area contributed by atoms with Crippen LogP contribution in [0.15, 0.2) is 48.8 Å². The first-order valence-corrected chi connectivity index (χ1v) is 7.70. The number of urea groups is 1. The van der Waals surface area contributed by atoms with Crippen LogP contribution in [0.5, 0.6) is 0 Å². The zero-order valence-electron chi connectivity index (χ0n) is 12.3. The van der Waals surface area contributed by atoms with Gasteiger partial charge in [-0.2, -0.15) is 5.10 Å². The van der Waals surface area contributed by atoms with Gasteiger partial charge in [0.15, 0.2) is 0 Å². The van der Waals surface area contributed by atoms with Gasteiger partial charge in [-0.25, -0.2) is 9.48 Å². The van der Waals surface area contributed by atoms with E-state index in [1.807, 2.05) is 12.2 Å². The average Bonchev–Trinajstić information content (AvgIpc) is 3.18. The molecule has 0 saturated carbocycles. The number of amides is 2. The molecule has 0 bridgehead atoms. The van der Waals surface area contributed by atoms with Crippen molar-refractivity contribution in [2.45, 2.75) is 12.5 Å². The van der Waals surface area contributed by atoms with Crippen molar-refractivity contribution in [2.24, 2.45) is 5.92 Å². The van der Waals surface area contributed by atoms with Gasteiger partial charge >= 0.3 is 6.03 Å². The van der Waals surface area contributed by atoms with Crippen molar-refractivity contribution < 1.29 is 9.90 Å². The molecule has 120 valence electrons. The van der Waals surface area contributed by atoms with Crippen molar-refractivity contribution in [3.63, 3.8) is 0 Å². The molecule has 0 fully saturated rings. The third kappa shape index (κ3) is 3.55. The Hall–Kier alpha value is -2.31. The number of nitrogens with zero attached hydrogens (tertiary/aromatic N) is 2. The van der Waals surface area contributed by atoms with Gasteiger partial charge in [-0.3, -0.25) is 0 Å². The number of anilines is 1. The molecule has 0 spiro atoms. The van der Waals surface area contributed by atoms with Crippen LogP contribution in [0.3, 0.4) is 0 Å². The minimum Gasteiger partial charge on any atom is -0.396 e. The Kier molecular flexibility index (Phi) is 4.64. The third-order valence-corrected chi connectivity index (χ3v) is 4.00. The van der Waals surface area contributed by atoms with Gasteiger partial charge in [-0.1, -0.05) is 29.8 Å². The highest BCUT2D eigenvalue weighted by molar-refractivity contribution is 6.33. The quantitative estimate of drug-likeness (QED) is 0.753. The maximum absolute atomic E-state index is 12.2. The first kappa shape index (κ1) is 15.6. The van der Waals surface area contributed by atoms with E-state index in [4.69, 9.17) is 16.7 Å². The summed E-state index contributed by atoms with van der Waals surface area (Å²) < 4.78 is 1.61. The fraction of sp³-hybridized carbons (Fsp3) is 0.250. The summed E-state index contributed by atoms with van der Waals surface area (Å²) in [5.41, 5.74) is 1.18. The minimum absolute atomic E-state index is 0.0838. The van der Waals surface area contributed by atoms with Gasteiger partial charge in [0, 0.05) is 31.0 Å². The van der Waals surface area contributed by atoms with Crippen LogP contribution in [0, 0.1) is 5.92 Å². The maximum Gasteiger partial charge on any atom is 0.319 e. The topological polar surface area (TPSA) is 79.2 Å². The van der Waals surface area contributed by atoms with E-state index in [2.05, 4.69) is 15.7 Å². The van der Waals surface area contributed by atoms with Crippen LogP contribution < -0.4 is 10.6 Å². The molecule has 0 aliphatic heterocycles. The summed E-state index contributed by atoms with van der Waals surface area (Å²) in [6.45, 7) is 0.0913. The lowest BCUT2D eigenvalue weighted by molar-refractivity contribution is 0.238. The monoisotopic (exact) mass is 332 g/mol. The van der Waals surface area contributed by atoms with Crippen LogP contribution in [-0.2, 0) is 0 Å². The molecule has 3 N–H and O–H groups in total. The molecule has 1 aliphatic rings. The molecular formula is C16H17ClN4O2. The predicted molar refractivity (Wildman–Crippen MR) is 88.8 cm³/mol. The molecular weight excluding hydrogens is 316 g/mol. The number of para-hydroxylation sites is 1. The van der Waals surface area contributed by atoms with Crippen molar-refractivity contribution in [1.82, 2.24) is 15.1 Å². The summed E-state index contributed by atoms with van der Waals surface area (Å²) in [5, 5.41) is 19.4. The number of benzene rings is 1. The smallest absolute Gasteiger partial charge is 0.319 e. The molecule has 2 amide bonds. The van der Waals surface area contributed by atoms with Gasteiger partial charge < -0.3 is 15.7 Å². The fourth-order valence-corrected chi connectivity index (χ4v) is 2.86. The number of rotatable bonds is 4. The van der Waals surface area contributed by atoms with E-state index in [0.717, 1.165) is 0 Å². The van der Waals surface area contributed by atoms with Crippen molar-refractivity contribution in [1.29, 1.82) is 0 Å². The number of aromatic nitrogens is 2. The van der Waals surface area contributed by atoms with E-state index in [1.54, 1.807) is 41.3 Å². The molecule has 1 aliphatic carbocycles. The number of aliphatic hydroxyl groups is 1. The summed E-state index contributed by atoms with van der Waals surface area (Å²) >= 11 is 6.24. The molecule has 0 radical (unpaired) electrons. The molecule has 1 heterocycles. The van der Waals surface area contributed by atoms with E-state index in [0.29, 0.717) is 22.8 Å². The summed E-state index contributed by atoms with van der Waals surface area (Å²) in [5.74, 6) is 0.103. The number of hydrogen-bond acceptors (Lipinski definition) is 3. The van der Waals surface area contributed by atoms with Gasteiger partial charge in [0.25, 0.3) is 0 Å². The van der Waals surface area contributed by atoms with Crippen molar-refractivity contribution in [2.75, 3.05) is 11.9 Å². The lowest BCUT2D eigenvalue weighted by Crippen LogP contribution is -2.36. The van der Waals surface area contributed by atoms with Crippen LogP contribution in [0.4, 0.5) is 10.5 Å². The molecule has 1 aromatic heterocycles. The van der Waals surface area contributed by atoms with Crippen LogP contribution in [0.2, 0.25) is 5.02 Å². The van der Waals surface area contributed by atoms with E-state index in [1.165, 1.54) is 0 Å². The van der Waals surface area contributed by atoms with Crippen molar-refractivity contribution in [3.8, 4) is 5.69 Å². The van der Waals surface area contributed by atoms with Crippen LogP contribution in [0.1, 0.15) is 6.42 Å². The molecule has 0 unspecified atom stereocenters. The number of aliphatic hydroxyl groups excluding tert-OH is 1. The van der Waals surface area contributed by atoms with Gasteiger partial charge in [0.05, 0.1) is 10.7 Å². The fourth-order valence-electron chi connectivity index (χ4n) is 2.59. The zero-order chi connectivity index (χ0) is 16.2. The maximum atomic E-state index is 12.2. The van der Waals surface area contributed by atoms with E-state index < -0.39 is 0 Å². The Balaban J connectivity index is 1.72. The normalized spacial score (nSPS) is 19.7. The van der Waals surface area contributed by atoms with E-state index in [9.17, 15) is 4.79 Å². The third-order valence-electron chi connectivity index (χ3n) is 3.69. The van der Waals surface area contributed by atoms with Gasteiger partial charge in [0.2, 0.25) is 0 Å². The zero-order valence-corrected chi connectivity index (χ0v) is 13.1. The molecule has 1 aromatic carbocycles. The number of carbonyl (C=O) groups excluding carboxylic acids is 1. The predicted octanol–water partition coefficient (Wildman–Crippen LogP) is 2.58. The van der Waals surface area contributed by atoms with Gasteiger partial charge in [-0.15, -0.1) is 0 Å². The molecule has 7 heteroatoms. The first-order chi connectivity index (χ1) is 11.2. The Morgan fingerprint density at radius 2 is 2.26 bits per heavy atom. The van der Waals surface area contributed by atoms with Crippen molar-refractivity contribution >= 4 is 23.3 Å². The van der Waals surface area contributed by atoms with E-state index >= 15 is 0 Å². The SMILES string of the molecule is O=C(Nc1cccc(Cl)c1-n1cccn1)N[C@@H]1C=C[C@H](CO)C1. The number of carbonyl (C=O) groups is 1. The van der Waals surface area contributed by atoms with Crippen LogP contribution in [-0.4, -0.2) is 33.6 Å². The Morgan fingerprint density at radius 3 is 2.96 bits per heavy atom. The van der Waals surface area contributed by atoms with E-state index in [-0.39, 0.29) is 24.6 Å². The van der Waals surface area contributed by atoms with Gasteiger partial charge in [-0.05, 0) is 24.6 Å². The summed E-state index contributed by atoms with van der Waals surface area (Å²) in [6, 6.07) is 6.65. The lowest BCUT2D eigenvalue weighted by atomic mass is 10.1. The highest BCUT2D eigenvalue weighted by atomic mass is 35.5. The molecule has 6 nitrogen and oxygen atoms in total. The minimum atomic E-state index is -0.325. The van der Waals surface area contributed by atoms with Crippen molar-refractivity contribution in [3.05, 3.63) is 53.8 Å². The number of hydrogen-bond donors (Lipinski definition) is 3. The largest absolute Gasteiger partial charge is 0.396 e. The Bertz CT molecular complexity index is 715. The number of halogens is 1. The Labute approximate surface area is 138 Å². The second kappa shape index (κ2) is 6.85. The highest BCUT2D eigenvalue weighted by Gasteiger charge is 2.20. The average molecular weight is 333 g/mol. The Morgan fingerprint density at radius 1 is 1.39 bits per heavy atom. The first-order valence-electron chi connectivity index (χ1n) is 7.32. The molecule has 23 heavy (non-hydrogen) atoms. The molecule has 2 aromatic rings. The standard InChI is InChI=1S/C16H17ClN4O2/c17-13-3-1-4-14(15(13)21-8-2-7-18-21)20-16(23)19-12-6-5-11(9-12)10-22/h1-8,11-12,22H,9-10H2,(H2,19,20,23)/t11-,12+/m0/s1. The second-order valence-electron chi connectivity index (χ2n) is 5.35. The summed E-state index contributed by atoms with van der Waals surface area (Å²) in [4.78, 5) is 12.2.